The molecule has 0 bridgehead atoms. The molecule has 0 unspecified atom stereocenters. The molecule has 22 heavy (non-hydrogen) atoms. The highest BCUT2D eigenvalue weighted by Crippen LogP contribution is 2.28. The Bertz CT molecular complexity index is 664. The maximum atomic E-state index is 11.7. The first-order chi connectivity index (χ1) is 10.6. The number of aromatic nitrogens is 1. The van der Waals surface area contributed by atoms with Gasteiger partial charge in [-0.2, -0.15) is 0 Å². The molecule has 1 N–H and O–H groups in total. The molecule has 1 heterocycles. The van der Waals surface area contributed by atoms with E-state index in [0.717, 1.165) is 5.56 Å². The minimum atomic E-state index is -0.317. The molecule has 0 saturated heterocycles. The highest BCUT2D eigenvalue weighted by Gasteiger charge is 2.12. The molecule has 2 rings (SSSR count). The number of carbonyl (C=O) groups excluding carboxylic acids is 1. The average Bonchev–Trinajstić information content (AvgIpc) is 3.00. The van der Waals surface area contributed by atoms with Gasteiger partial charge in [0.15, 0.2) is 23.8 Å². The van der Waals surface area contributed by atoms with Gasteiger partial charge in [0.1, 0.15) is 6.26 Å². The Labute approximate surface area is 128 Å². The number of hydrogen-bond donors (Lipinski definition) is 1. The smallest absolute Gasteiger partial charge is 0.273 e. The van der Waals surface area contributed by atoms with Gasteiger partial charge in [0.05, 0.1) is 7.11 Å². The van der Waals surface area contributed by atoms with Crippen LogP contribution in [0.3, 0.4) is 0 Å². The number of rotatable bonds is 7. The van der Waals surface area contributed by atoms with Crippen LogP contribution in [-0.4, -0.2) is 24.5 Å². The van der Waals surface area contributed by atoms with Crippen molar-refractivity contribution in [3.05, 3.63) is 54.3 Å². The van der Waals surface area contributed by atoms with E-state index in [0.29, 0.717) is 23.9 Å². The molecule has 6 heteroatoms. The van der Waals surface area contributed by atoms with Crippen molar-refractivity contribution in [3.8, 4) is 11.5 Å². The van der Waals surface area contributed by atoms with Gasteiger partial charge in [-0.1, -0.05) is 12.1 Å². The average molecular weight is 302 g/mol. The first-order valence-electron chi connectivity index (χ1n) is 6.75. The summed E-state index contributed by atoms with van der Waals surface area (Å²) >= 11 is 0. The third-order valence-electron chi connectivity index (χ3n) is 2.86. The van der Waals surface area contributed by atoms with Crippen molar-refractivity contribution >= 4 is 5.91 Å². The van der Waals surface area contributed by atoms with Crippen LogP contribution in [0.4, 0.5) is 0 Å². The number of carbonyl (C=O) groups is 1. The monoisotopic (exact) mass is 302 g/mol. The quantitative estimate of drug-likeness (QED) is 0.795. The summed E-state index contributed by atoms with van der Waals surface area (Å²) in [5.41, 5.74) is 1.28. The Balaban J connectivity index is 1.99. The minimum Gasteiger partial charge on any atom is -0.493 e. The van der Waals surface area contributed by atoms with E-state index >= 15 is 0 Å². The van der Waals surface area contributed by atoms with E-state index in [9.17, 15) is 4.79 Å². The molecule has 0 spiro atoms. The Morgan fingerprint density at radius 3 is 3.00 bits per heavy atom. The summed E-state index contributed by atoms with van der Waals surface area (Å²) in [6.45, 7) is 5.97. The van der Waals surface area contributed by atoms with Crippen molar-refractivity contribution < 1.29 is 18.7 Å². The van der Waals surface area contributed by atoms with Crippen molar-refractivity contribution in [1.29, 1.82) is 0 Å². The number of hydrogen-bond acceptors (Lipinski definition) is 5. The Morgan fingerprint density at radius 2 is 2.27 bits per heavy atom. The summed E-state index contributed by atoms with van der Waals surface area (Å²) in [6, 6.07) is 5.61. The summed E-state index contributed by atoms with van der Waals surface area (Å²) in [5, 5.41) is 2.62. The molecule has 0 fully saturated rings. The molecular weight excluding hydrogens is 284 g/mol. The van der Waals surface area contributed by atoms with Gasteiger partial charge in [0.25, 0.3) is 5.91 Å². The van der Waals surface area contributed by atoms with Crippen LogP contribution >= 0.6 is 0 Å². The lowest BCUT2D eigenvalue weighted by Gasteiger charge is -2.09. The number of methoxy groups -OCH3 is 1. The van der Waals surface area contributed by atoms with Crippen LogP contribution in [0.2, 0.25) is 0 Å². The maximum absolute atomic E-state index is 11.7. The zero-order valence-electron chi connectivity index (χ0n) is 12.6. The van der Waals surface area contributed by atoms with Crippen LogP contribution < -0.4 is 14.8 Å². The first-order valence-corrected chi connectivity index (χ1v) is 6.75. The summed E-state index contributed by atoms with van der Waals surface area (Å²) in [7, 11) is 1.58. The van der Waals surface area contributed by atoms with E-state index in [1.807, 2.05) is 25.1 Å². The molecule has 2 aromatic rings. The molecule has 1 aromatic heterocycles. The van der Waals surface area contributed by atoms with Crippen LogP contribution in [0.1, 0.15) is 21.9 Å². The van der Waals surface area contributed by atoms with Gasteiger partial charge in [-0.25, -0.2) is 4.98 Å². The third kappa shape index (κ3) is 3.88. The molecule has 0 aliphatic carbocycles. The van der Waals surface area contributed by atoms with Crippen molar-refractivity contribution in [2.45, 2.75) is 13.5 Å². The van der Waals surface area contributed by atoms with E-state index in [4.69, 9.17) is 13.9 Å². The molecular formula is C16H18N2O4. The molecule has 0 radical (unpaired) electrons. The van der Waals surface area contributed by atoms with Crippen LogP contribution in [0, 0.1) is 6.92 Å². The SMILES string of the molecule is C=CCNC(=O)c1coc(COc2ccc(C)cc2OC)n1. The van der Waals surface area contributed by atoms with Crippen LogP contribution in [0.15, 0.2) is 41.5 Å². The van der Waals surface area contributed by atoms with Crippen molar-refractivity contribution in [2.75, 3.05) is 13.7 Å². The second-order valence-electron chi connectivity index (χ2n) is 4.57. The largest absolute Gasteiger partial charge is 0.493 e. The second-order valence-corrected chi connectivity index (χ2v) is 4.57. The molecule has 0 aliphatic heterocycles. The predicted molar refractivity (Wildman–Crippen MR) is 81.1 cm³/mol. The van der Waals surface area contributed by atoms with E-state index < -0.39 is 0 Å². The standard InChI is InChI=1S/C16H18N2O4/c1-4-7-17-16(19)12-9-22-15(18-12)10-21-13-6-5-11(2)8-14(13)20-3/h4-6,8-9H,1,7,10H2,2-3H3,(H,17,19). The van der Waals surface area contributed by atoms with Gasteiger partial charge in [-0.3, -0.25) is 4.79 Å². The first kappa shape index (κ1) is 15.6. The molecule has 0 atom stereocenters. The fourth-order valence-corrected chi connectivity index (χ4v) is 1.77. The zero-order chi connectivity index (χ0) is 15.9. The lowest BCUT2D eigenvalue weighted by atomic mass is 10.2. The van der Waals surface area contributed by atoms with E-state index in [1.165, 1.54) is 6.26 Å². The fraction of sp³-hybridized carbons (Fsp3) is 0.250. The van der Waals surface area contributed by atoms with Gasteiger partial charge in [0, 0.05) is 6.54 Å². The number of benzene rings is 1. The number of nitrogens with zero attached hydrogens (tertiary/aromatic N) is 1. The van der Waals surface area contributed by atoms with Crippen LogP contribution in [0.25, 0.3) is 0 Å². The van der Waals surface area contributed by atoms with Gasteiger partial charge >= 0.3 is 0 Å². The molecule has 1 aromatic carbocycles. The highest BCUT2D eigenvalue weighted by atomic mass is 16.5. The van der Waals surface area contributed by atoms with E-state index in [2.05, 4.69) is 16.9 Å². The Kier molecular flexibility index (Phi) is 5.19. The number of ether oxygens (including phenoxy) is 2. The van der Waals surface area contributed by atoms with Gasteiger partial charge in [-0.15, -0.1) is 6.58 Å². The number of aryl methyl sites for hydroxylation is 1. The van der Waals surface area contributed by atoms with Crippen LogP contribution in [0.5, 0.6) is 11.5 Å². The molecule has 1 amide bonds. The molecule has 6 nitrogen and oxygen atoms in total. The highest BCUT2D eigenvalue weighted by molar-refractivity contribution is 5.91. The summed E-state index contributed by atoms with van der Waals surface area (Å²) in [4.78, 5) is 15.8. The van der Waals surface area contributed by atoms with Gasteiger partial charge in [-0.05, 0) is 24.6 Å². The normalized spacial score (nSPS) is 10.1. The Morgan fingerprint density at radius 1 is 1.45 bits per heavy atom. The minimum absolute atomic E-state index is 0.105. The molecule has 0 aliphatic rings. The topological polar surface area (TPSA) is 73.6 Å². The van der Waals surface area contributed by atoms with Gasteiger partial charge < -0.3 is 19.2 Å². The second kappa shape index (κ2) is 7.31. The third-order valence-corrected chi connectivity index (χ3v) is 2.86. The Hall–Kier alpha value is -2.76. The summed E-state index contributed by atoms with van der Waals surface area (Å²) in [5.74, 6) is 1.22. The number of nitrogens with one attached hydrogen (secondary N) is 1. The van der Waals surface area contributed by atoms with Crippen molar-refractivity contribution in [2.24, 2.45) is 0 Å². The predicted octanol–water partition coefficient (Wildman–Crippen LogP) is 2.49. The fourth-order valence-electron chi connectivity index (χ4n) is 1.77. The summed E-state index contributed by atoms with van der Waals surface area (Å²) < 4.78 is 16.1. The van der Waals surface area contributed by atoms with Crippen molar-refractivity contribution in [3.63, 3.8) is 0 Å². The van der Waals surface area contributed by atoms with Crippen molar-refractivity contribution in [1.82, 2.24) is 10.3 Å². The molecule has 0 saturated carbocycles. The maximum Gasteiger partial charge on any atom is 0.273 e. The number of amides is 1. The molecule has 116 valence electrons. The van der Waals surface area contributed by atoms with Crippen LogP contribution in [-0.2, 0) is 6.61 Å². The van der Waals surface area contributed by atoms with E-state index in [1.54, 1.807) is 13.2 Å². The zero-order valence-corrected chi connectivity index (χ0v) is 12.6. The van der Waals surface area contributed by atoms with Gasteiger partial charge in [0.2, 0.25) is 5.89 Å². The lowest BCUT2D eigenvalue weighted by molar-refractivity contribution is 0.0953. The van der Waals surface area contributed by atoms with E-state index in [-0.39, 0.29) is 18.2 Å². The lowest BCUT2D eigenvalue weighted by Crippen LogP contribution is -2.23. The number of oxazole rings is 1. The summed E-state index contributed by atoms with van der Waals surface area (Å²) in [6.07, 6.45) is 2.88.